The first-order valence-electron chi connectivity index (χ1n) is 9.64. The van der Waals surface area contributed by atoms with Crippen LogP contribution in [0.1, 0.15) is 49.6 Å². The minimum absolute atomic E-state index is 0.193. The molecular formula is C21H30N4O3. The predicted octanol–water partition coefficient (Wildman–Crippen LogP) is 3.43. The third-order valence-electron chi connectivity index (χ3n) is 3.94. The van der Waals surface area contributed by atoms with Gasteiger partial charge in [-0.1, -0.05) is 58.0 Å². The Balaban J connectivity index is 1.97. The van der Waals surface area contributed by atoms with Crippen LogP contribution >= 0.6 is 0 Å². The number of urea groups is 1. The van der Waals surface area contributed by atoms with Gasteiger partial charge in [0.15, 0.2) is 5.69 Å². The molecule has 0 radical (unpaired) electrons. The van der Waals surface area contributed by atoms with Gasteiger partial charge in [-0.3, -0.25) is 4.79 Å². The van der Waals surface area contributed by atoms with E-state index in [1.807, 2.05) is 58.0 Å². The van der Waals surface area contributed by atoms with Gasteiger partial charge in [0, 0.05) is 19.6 Å². The zero-order valence-electron chi connectivity index (χ0n) is 17.1. The fraction of sp³-hybridized carbons (Fsp3) is 0.476. The summed E-state index contributed by atoms with van der Waals surface area (Å²) < 4.78 is 5.42. The molecule has 0 atom stereocenters. The highest BCUT2D eigenvalue weighted by molar-refractivity contribution is 5.91. The number of hydrogen-bond acceptors (Lipinski definition) is 4. The molecule has 0 spiro atoms. The number of aromatic nitrogens is 1. The second-order valence-electron chi connectivity index (χ2n) is 7.65. The van der Waals surface area contributed by atoms with E-state index in [1.165, 1.54) is 6.26 Å². The number of carbonyl (C=O) groups excluding carboxylic acids is 2. The van der Waals surface area contributed by atoms with Crippen LogP contribution < -0.4 is 10.6 Å². The van der Waals surface area contributed by atoms with Crippen LogP contribution in [0, 0.1) is 11.8 Å². The van der Waals surface area contributed by atoms with Crippen molar-refractivity contribution in [3.63, 3.8) is 0 Å². The third kappa shape index (κ3) is 7.06. The summed E-state index contributed by atoms with van der Waals surface area (Å²) in [6.07, 6.45) is 1.33. The predicted molar refractivity (Wildman–Crippen MR) is 108 cm³/mol. The fourth-order valence-electron chi connectivity index (χ4n) is 2.58. The first-order chi connectivity index (χ1) is 13.3. The van der Waals surface area contributed by atoms with Crippen LogP contribution in [-0.4, -0.2) is 34.9 Å². The van der Waals surface area contributed by atoms with Crippen LogP contribution in [0.5, 0.6) is 0 Å². The van der Waals surface area contributed by atoms with Crippen LogP contribution in [0.2, 0.25) is 0 Å². The highest BCUT2D eigenvalue weighted by atomic mass is 16.3. The van der Waals surface area contributed by atoms with Gasteiger partial charge in [0.2, 0.25) is 5.89 Å². The van der Waals surface area contributed by atoms with E-state index in [2.05, 4.69) is 15.6 Å². The molecule has 152 valence electrons. The number of nitrogens with zero attached hydrogens (tertiary/aromatic N) is 2. The van der Waals surface area contributed by atoms with E-state index in [0.717, 1.165) is 5.56 Å². The number of rotatable bonds is 9. The smallest absolute Gasteiger partial charge is 0.318 e. The number of oxazole rings is 1. The molecule has 0 fully saturated rings. The summed E-state index contributed by atoms with van der Waals surface area (Å²) in [6, 6.07) is 9.54. The number of nitrogens with one attached hydrogen (secondary N) is 2. The summed E-state index contributed by atoms with van der Waals surface area (Å²) in [5.74, 6) is 0.703. The quantitative estimate of drug-likeness (QED) is 0.691. The molecule has 2 rings (SSSR count). The van der Waals surface area contributed by atoms with Crippen molar-refractivity contribution in [2.24, 2.45) is 11.8 Å². The van der Waals surface area contributed by atoms with E-state index >= 15 is 0 Å². The van der Waals surface area contributed by atoms with E-state index in [9.17, 15) is 9.59 Å². The molecule has 2 N–H and O–H groups in total. The number of carbonyl (C=O) groups is 2. The van der Waals surface area contributed by atoms with Crippen molar-refractivity contribution >= 4 is 11.9 Å². The maximum absolute atomic E-state index is 12.6. The summed E-state index contributed by atoms with van der Waals surface area (Å²) >= 11 is 0. The second kappa shape index (κ2) is 10.5. The van der Waals surface area contributed by atoms with E-state index in [-0.39, 0.29) is 30.1 Å². The van der Waals surface area contributed by atoms with Crippen molar-refractivity contribution in [3.8, 4) is 0 Å². The molecule has 3 amide bonds. The van der Waals surface area contributed by atoms with Crippen molar-refractivity contribution in [3.05, 3.63) is 53.7 Å². The topological polar surface area (TPSA) is 87.5 Å². The Kier molecular flexibility index (Phi) is 8.04. The molecule has 1 aromatic carbocycles. The molecule has 28 heavy (non-hydrogen) atoms. The normalized spacial score (nSPS) is 10.9. The highest BCUT2D eigenvalue weighted by Crippen LogP contribution is 2.09. The Bertz CT molecular complexity index is 756. The molecule has 0 bridgehead atoms. The third-order valence-corrected chi connectivity index (χ3v) is 3.94. The van der Waals surface area contributed by atoms with Gasteiger partial charge in [-0.15, -0.1) is 0 Å². The fourth-order valence-corrected chi connectivity index (χ4v) is 2.58. The van der Waals surface area contributed by atoms with Crippen molar-refractivity contribution < 1.29 is 14.0 Å². The molecule has 0 saturated heterocycles. The Morgan fingerprint density at radius 3 is 2.43 bits per heavy atom. The Labute approximate surface area is 166 Å². The number of amides is 3. The van der Waals surface area contributed by atoms with Gasteiger partial charge in [0.05, 0.1) is 6.54 Å². The largest absolute Gasteiger partial charge is 0.446 e. The molecule has 7 heteroatoms. The van der Waals surface area contributed by atoms with Gasteiger partial charge >= 0.3 is 6.03 Å². The molecule has 0 aliphatic carbocycles. The van der Waals surface area contributed by atoms with Crippen LogP contribution in [0.3, 0.4) is 0 Å². The summed E-state index contributed by atoms with van der Waals surface area (Å²) in [5, 5.41) is 5.73. The maximum Gasteiger partial charge on any atom is 0.318 e. The monoisotopic (exact) mass is 386 g/mol. The average Bonchev–Trinajstić information content (AvgIpc) is 3.12. The van der Waals surface area contributed by atoms with E-state index in [4.69, 9.17) is 4.42 Å². The molecule has 7 nitrogen and oxygen atoms in total. The van der Waals surface area contributed by atoms with Gasteiger partial charge in [0.1, 0.15) is 6.26 Å². The Morgan fingerprint density at radius 1 is 1.07 bits per heavy atom. The molecule has 2 aromatic rings. The molecule has 1 heterocycles. The first kappa shape index (κ1) is 21.5. The van der Waals surface area contributed by atoms with Crippen molar-refractivity contribution in [1.29, 1.82) is 0 Å². The molecular weight excluding hydrogens is 356 g/mol. The van der Waals surface area contributed by atoms with Crippen LogP contribution in [0.25, 0.3) is 0 Å². The van der Waals surface area contributed by atoms with Gasteiger partial charge < -0.3 is 20.0 Å². The van der Waals surface area contributed by atoms with E-state index in [1.54, 1.807) is 4.90 Å². The average molecular weight is 386 g/mol. The van der Waals surface area contributed by atoms with Gasteiger partial charge in [-0.25, -0.2) is 9.78 Å². The van der Waals surface area contributed by atoms with Crippen LogP contribution in [-0.2, 0) is 13.1 Å². The maximum atomic E-state index is 12.6. The van der Waals surface area contributed by atoms with Crippen molar-refractivity contribution in [2.45, 2.75) is 40.8 Å². The lowest BCUT2D eigenvalue weighted by molar-refractivity contribution is 0.0944. The van der Waals surface area contributed by atoms with E-state index < -0.39 is 0 Å². The van der Waals surface area contributed by atoms with Crippen LogP contribution in [0.4, 0.5) is 4.79 Å². The second-order valence-corrected chi connectivity index (χ2v) is 7.65. The van der Waals surface area contributed by atoms with Crippen molar-refractivity contribution in [1.82, 2.24) is 20.5 Å². The summed E-state index contributed by atoms with van der Waals surface area (Å²) in [5.41, 5.74) is 1.26. The lowest BCUT2D eigenvalue weighted by Gasteiger charge is -2.23. The minimum atomic E-state index is -0.271. The van der Waals surface area contributed by atoms with Gasteiger partial charge in [0.25, 0.3) is 5.91 Å². The van der Waals surface area contributed by atoms with Crippen LogP contribution in [0.15, 0.2) is 41.0 Å². The molecule has 1 aromatic heterocycles. The highest BCUT2D eigenvalue weighted by Gasteiger charge is 2.19. The van der Waals surface area contributed by atoms with E-state index in [0.29, 0.717) is 31.4 Å². The Morgan fingerprint density at radius 2 is 1.79 bits per heavy atom. The summed E-state index contributed by atoms with van der Waals surface area (Å²) in [4.78, 5) is 30.6. The SMILES string of the molecule is CC(C)CNC(=O)c1coc(CN(CC(C)C)C(=O)NCc2ccccc2)n1. The zero-order chi connectivity index (χ0) is 20.5. The summed E-state index contributed by atoms with van der Waals surface area (Å²) in [6.45, 7) is 9.90. The van der Waals surface area contributed by atoms with Gasteiger partial charge in [-0.05, 0) is 17.4 Å². The van der Waals surface area contributed by atoms with Gasteiger partial charge in [-0.2, -0.15) is 0 Å². The molecule has 0 unspecified atom stereocenters. The Hall–Kier alpha value is -2.83. The first-order valence-corrected chi connectivity index (χ1v) is 9.64. The van der Waals surface area contributed by atoms with Crippen molar-refractivity contribution in [2.75, 3.05) is 13.1 Å². The minimum Gasteiger partial charge on any atom is -0.446 e. The molecule has 0 aliphatic heterocycles. The number of benzene rings is 1. The molecule has 0 aliphatic rings. The standard InChI is InChI=1S/C21H30N4O3/c1-15(2)10-22-20(26)18-14-28-19(24-18)13-25(12-16(3)4)21(27)23-11-17-8-6-5-7-9-17/h5-9,14-16H,10-13H2,1-4H3,(H,22,26)(H,23,27). The lowest BCUT2D eigenvalue weighted by Crippen LogP contribution is -2.41. The molecule has 0 saturated carbocycles. The zero-order valence-corrected chi connectivity index (χ0v) is 17.1. The number of hydrogen-bond donors (Lipinski definition) is 2. The summed E-state index contributed by atoms with van der Waals surface area (Å²) in [7, 11) is 0. The lowest BCUT2D eigenvalue weighted by atomic mass is 10.2.